The van der Waals surface area contributed by atoms with E-state index in [1.54, 1.807) is 6.07 Å². The van der Waals surface area contributed by atoms with Gasteiger partial charge in [0.2, 0.25) is 0 Å². The number of amides is 1. The predicted molar refractivity (Wildman–Crippen MR) is 58.6 cm³/mol. The first-order valence-corrected chi connectivity index (χ1v) is 5.12. The zero-order valence-electron chi connectivity index (χ0n) is 9.16. The number of hydrogen-bond acceptors (Lipinski definition) is 2. The van der Waals surface area contributed by atoms with Gasteiger partial charge in [0.05, 0.1) is 5.56 Å². The van der Waals surface area contributed by atoms with Crippen LogP contribution in [0, 0.1) is 6.07 Å². The Labute approximate surface area is 90.3 Å². The molecule has 1 aliphatic rings. The summed E-state index contributed by atoms with van der Waals surface area (Å²) in [6.07, 6.45) is 0. The number of rotatable bonds is 3. The molecule has 3 nitrogen and oxygen atoms in total. The highest BCUT2D eigenvalue weighted by atomic mass is 16.2. The van der Waals surface area contributed by atoms with Gasteiger partial charge in [0.1, 0.15) is 0 Å². The van der Waals surface area contributed by atoms with Gasteiger partial charge >= 0.3 is 0 Å². The third-order valence-electron chi connectivity index (χ3n) is 2.62. The Hall–Kier alpha value is -1.35. The lowest BCUT2D eigenvalue weighted by Crippen LogP contribution is -2.31. The van der Waals surface area contributed by atoms with Gasteiger partial charge in [-0.3, -0.25) is 4.79 Å². The molecular formula is C12H15N2O. The highest BCUT2D eigenvalue weighted by Gasteiger charge is 2.26. The van der Waals surface area contributed by atoms with Crippen LogP contribution < -0.4 is 0 Å². The largest absolute Gasteiger partial charge is 0.333 e. The highest BCUT2D eigenvalue weighted by molar-refractivity contribution is 5.98. The average molecular weight is 203 g/mol. The van der Waals surface area contributed by atoms with Crippen molar-refractivity contribution in [2.75, 3.05) is 27.2 Å². The minimum Gasteiger partial charge on any atom is -0.333 e. The van der Waals surface area contributed by atoms with E-state index in [2.05, 4.69) is 11.0 Å². The average Bonchev–Trinajstić information content (AvgIpc) is 2.54. The Morgan fingerprint density at radius 2 is 2.33 bits per heavy atom. The minimum atomic E-state index is 0.118. The maximum absolute atomic E-state index is 11.9. The van der Waals surface area contributed by atoms with E-state index >= 15 is 0 Å². The van der Waals surface area contributed by atoms with Crippen LogP contribution in [-0.4, -0.2) is 42.9 Å². The molecule has 1 aliphatic heterocycles. The first-order chi connectivity index (χ1) is 7.18. The summed E-state index contributed by atoms with van der Waals surface area (Å²) in [5.74, 6) is 0.118. The first kappa shape index (κ1) is 10.2. The molecule has 0 unspecified atom stereocenters. The summed E-state index contributed by atoms with van der Waals surface area (Å²) in [5, 5.41) is 0. The van der Waals surface area contributed by atoms with Gasteiger partial charge in [-0.1, -0.05) is 18.2 Å². The Kier molecular flexibility index (Phi) is 2.73. The van der Waals surface area contributed by atoms with Crippen molar-refractivity contribution < 1.29 is 4.79 Å². The first-order valence-electron chi connectivity index (χ1n) is 5.12. The zero-order chi connectivity index (χ0) is 10.8. The van der Waals surface area contributed by atoms with Gasteiger partial charge in [-0.2, -0.15) is 0 Å². The van der Waals surface area contributed by atoms with Crippen LogP contribution in [0.25, 0.3) is 0 Å². The lowest BCUT2D eigenvalue weighted by molar-refractivity contribution is 0.0768. The van der Waals surface area contributed by atoms with E-state index in [9.17, 15) is 4.79 Å². The normalized spacial score (nSPS) is 14.9. The predicted octanol–water partition coefficient (Wildman–Crippen LogP) is 1.00. The summed E-state index contributed by atoms with van der Waals surface area (Å²) in [4.78, 5) is 15.8. The van der Waals surface area contributed by atoms with Gasteiger partial charge in [0.25, 0.3) is 5.91 Å². The van der Waals surface area contributed by atoms with Gasteiger partial charge in [-0.05, 0) is 25.7 Å². The molecule has 1 aromatic carbocycles. The van der Waals surface area contributed by atoms with E-state index in [0.717, 1.165) is 30.8 Å². The summed E-state index contributed by atoms with van der Waals surface area (Å²) in [6, 6.07) is 8.74. The molecule has 0 aromatic heterocycles. The maximum atomic E-state index is 11.9. The molecule has 1 amide bonds. The van der Waals surface area contributed by atoms with Crippen molar-refractivity contribution >= 4 is 5.91 Å². The van der Waals surface area contributed by atoms with Crippen molar-refractivity contribution in [3.63, 3.8) is 0 Å². The second-order valence-electron chi connectivity index (χ2n) is 4.10. The molecule has 3 heteroatoms. The van der Waals surface area contributed by atoms with Crippen molar-refractivity contribution in [3.8, 4) is 0 Å². The Bertz CT molecular complexity index is 374. The maximum Gasteiger partial charge on any atom is 0.255 e. The third-order valence-corrected chi connectivity index (χ3v) is 2.62. The minimum absolute atomic E-state index is 0.118. The summed E-state index contributed by atoms with van der Waals surface area (Å²) in [7, 11) is 4.03. The molecule has 2 rings (SSSR count). The molecule has 0 N–H and O–H groups in total. The second-order valence-corrected chi connectivity index (χ2v) is 4.10. The van der Waals surface area contributed by atoms with Crippen molar-refractivity contribution in [3.05, 3.63) is 35.4 Å². The molecule has 0 saturated heterocycles. The molecule has 0 aliphatic carbocycles. The molecule has 1 radical (unpaired) electrons. The van der Waals surface area contributed by atoms with Crippen molar-refractivity contribution in [2.24, 2.45) is 0 Å². The molecule has 1 heterocycles. The summed E-state index contributed by atoms with van der Waals surface area (Å²) in [5.41, 5.74) is 1.84. The lowest BCUT2D eigenvalue weighted by Gasteiger charge is -2.18. The molecule has 1 aromatic rings. The number of benzene rings is 1. The van der Waals surface area contributed by atoms with Crippen LogP contribution in [0.3, 0.4) is 0 Å². The quantitative estimate of drug-likeness (QED) is 0.732. The van der Waals surface area contributed by atoms with E-state index < -0.39 is 0 Å². The molecular weight excluding hydrogens is 188 g/mol. The monoisotopic (exact) mass is 203 g/mol. The lowest BCUT2D eigenvalue weighted by atomic mass is 10.1. The Balaban J connectivity index is 2.07. The van der Waals surface area contributed by atoms with Crippen molar-refractivity contribution in [2.45, 2.75) is 6.54 Å². The third kappa shape index (κ3) is 2.02. The SMILES string of the molecule is CN(C)CCN1Cc2ccc[c]c2C1=O. The molecule has 0 spiro atoms. The molecule has 15 heavy (non-hydrogen) atoms. The summed E-state index contributed by atoms with van der Waals surface area (Å²) >= 11 is 0. The highest BCUT2D eigenvalue weighted by Crippen LogP contribution is 2.21. The van der Waals surface area contributed by atoms with E-state index in [1.165, 1.54) is 0 Å². The zero-order valence-corrected chi connectivity index (χ0v) is 9.16. The Morgan fingerprint density at radius 3 is 3.00 bits per heavy atom. The second kappa shape index (κ2) is 4.03. The smallest absolute Gasteiger partial charge is 0.255 e. The number of fused-ring (bicyclic) bond motifs is 1. The number of likely N-dealkylation sites (N-methyl/N-ethyl adjacent to an activating group) is 1. The van der Waals surface area contributed by atoms with Gasteiger partial charge in [-0.15, -0.1) is 0 Å². The van der Waals surface area contributed by atoms with E-state index in [-0.39, 0.29) is 5.91 Å². The van der Waals surface area contributed by atoms with E-state index in [4.69, 9.17) is 0 Å². The van der Waals surface area contributed by atoms with Gasteiger partial charge in [-0.25, -0.2) is 0 Å². The van der Waals surface area contributed by atoms with Crippen LogP contribution in [0.15, 0.2) is 18.2 Å². The van der Waals surface area contributed by atoms with Crippen molar-refractivity contribution in [1.29, 1.82) is 0 Å². The fourth-order valence-corrected chi connectivity index (χ4v) is 1.74. The van der Waals surface area contributed by atoms with Crippen LogP contribution >= 0.6 is 0 Å². The van der Waals surface area contributed by atoms with Gasteiger partial charge in [0.15, 0.2) is 0 Å². The summed E-state index contributed by atoms with van der Waals surface area (Å²) < 4.78 is 0. The topological polar surface area (TPSA) is 23.6 Å². The number of hydrogen-bond donors (Lipinski definition) is 0. The standard InChI is InChI=1S/C12H15N2O/c1-13(2)7-8-14-9-10-5-3-4-6-11(10)12(14)15/h3-5H,7-9H2,1-2H3. The van der Waals surface area contributed by atoms with Gasteiger partial charge in [0, 0.05) is 19.6 Å². The number of nitrogens with zero attached hydrogens (tertiary/aromatic N) is 2. The number of carbonyl (C=O) groups excluding carboxylic acids is 1. The van der Waals surface area contributed by atoms with Crippen molar-refractivity contribution in [1.82, 2.24) is 9.80 Å². The van der Waals surface area contributed by atoms with E-state index in [1.807, 2.05) is 31.1 Å². The van der Waals surface area contributed by atoms with Crippen LogP contribution in [0.5, 0.6) is 0 Å². The fraction of sp³-hybridized carbons (Fsp3) is 0.417. The fourth-order valence-electron chi connectivity index (χ4n) is 1.74. The molecule has 0 fully saturated rings. The Morgan fingerprint density at radius 1 is 1.53 bits per heavy atom. The van der Waals surface area contributed by atoms with Crippen LogP contribution in [0.1, 0.15) is 15.9 Å². The summed E-state index contributed by atoms with van der Waals surface area (Å²) in [6.45, 7) is 2.42. The van der Waals surface area contributed by atoms with E-state index in [0.29, 0.717) is 0 Å². The van der Waals surface area contributed by atoms with Crippen LogP contribution in [-0.2, 0) is 6.54 Å². The van der Waals surface area contributed by atoms with Crippen LogP contribution in [0.4, 0.5) is 0 Å². The molecule has 0 saturated carbocycles. The van der Waals surface area contributed by atoms with Crippen LogP contribution in [0.2, 0.25) is 0 Å². The van der Waals surface area contributed by atoms with Gasteiger partial charge < -0.3 is 9.80 Å². The molecule has 79 valence electrons. The molecule has 0 atom stereocenters. The molecule has 0 bridgehead atoms. The number of carbonyl (C=O) groups is 1.